The monoisotopic (exact) mass is 318 g/mol. The van der Waals surface area contributed by atoms with E-state index in [1.165, 1.54) is 0 Å². The predicted molar refractivity (Wildman–Crippen MR) is 74.9 cm³/mol. The van der Waals surface area contributed by atoms with Crippen LogP contribution >= 0.6 is 28.3 Å². The first-order valence-electron chi connectivity index (χ1n) is 5.44. The van der Waals surface area contributed by atoms with E-state index in [0.717, 1.165) is 41.8 Å². The Kier molecular flexibility index (Phi) is 5.43. The summed E-state index contributed by atoms with van der Waals surface area (Å²) >= 11 is 3.41. The molecule has 17 heavy (non-hydrogen) atoms. The molecule has 0 bridgehead atoms. The van der Waals surface area contributed by atoms with E-state index in [0.29, 0.717) is 0 Å². The number of hydrogen-bond donors (Lipinski definition) is 1. The Morgan fingerprint density at radius 3 is 2.59 bits per heavy atom. The molecule has 1 aromatic rings. The zero-order valence-corrected chi connectivity index (χ0v) is 12.1. The lowest BCUT2D eigenvalue weighted by Crippen LogP contribution is -2.46. The van der Waals surface area contributed by atoms with E-state index in [4.69, 9.17) is 0 Å². The molecule has 1 fully saturated rings. The third-order valence-corrected chi connectivity index (χ3v) is 3.32. The quantitative estimate of drug-likeness (QED) is 0.861. The van der Waals surface area contributed by atoms with Gasteiger partial charge in [0.2, 0.25) is 0 Å². The van der Waals surface area contributed by atoms with E-state index in [9.17, 15) is 4.79 Å². The largest absolute Gasteiger partial charge is 0.336 e. The maximum atomic E-state index is 12.2. The van der Waals surface area contributed by atoms with Gasteiger partial charge in [0.15, 0.2) is 0 Å². The standard InChI is InChI=1S/C12H15BrN2O.ClH/c1-9-8-10(13)2-3-11(9)12(16)15-6-4-14-5-7-15;/h2-3,8,14H,4-7H2,1H3;1H. The van der Waals surface area contributed by atoms with Gasteiger partial charge in [-0.25, -0.2) is 0 Å². The van der Waals surface area contributed by atoms with Crippen molar-refractivity contribution in [3.05, 3.63) is 33.8 Å². The smallest absolute Gasteiger partial charge is 0.254 e. The molecule has 94 valence electrons. The number of hydrogen-bond acceptors (Lipinski definition) is 2. The van der Waals surface area contributed by atoms with E-state index < -0.39 is 0 Å². The van der Waals surface area contributed by atoms with Crippen molar-refractivity contribution in [3.8, 4) is 0 Å². The predicted octanol–water partition coefficient (Wildman–Crippen LogP) is 2.22. The number of nitrogens with zero attached hydrogens (tertiary/aromatic N) is 1. The molecule has 0 atom stereocenters. The van der Waals surface area contributed by atoms with Crippen LogP contribution in [-0.2, 0) is 0 Å². The highest BCUT2D eigenvalue weighted by Gasteiger charge is 2.19. The summed E-state index contributed by atoms with van der Waals surface area (Å²) in [5.74, 6) is 0.145. The lowest BCUT2D eigenvalue weighted by atomic mass is 10.1. The number of carbonyl (C=O) groups is 1. The Morgan fingerprint density at radius 2 is 2.00 bits per heavy atom. The molecular formula is C12H16BrClN2O. The third kappa shape index (κ3) is 3.44. The molecule has 0 saturated carbocycles. The second-order valence-corrected chi connectivity index (χ2v) is 4.92. The van der Waals surface area contributed by atoms with Crippen LogP contribution in [0.25, 0.3) is 0 Å². The first kappa shape index (κ1) is 14.5. The fourth-order valence-electron chi connectivity index (χ4n) is 1.91. The highest BCUT2D eigenvalue weighted by atomic mass is 79.9. The number of nitrogens with one attached hydrogen (secondary N) is 1. The molecule has 3 nitrogen and oxygen atoms in total. The number of rotatable bonds is 1. The van der Waals surface area contributed by atoms with Crippen molar-refractivity contribution in [3.63, 3.8) is 0 Å². The summed E-state index contributed by atoms with van der Waals surface area (Å²) in [6.45, 7) is 5.35. The van der Waals surface area contributed by atoms with Crippen LogP contribution in [-0.4, -0.2) is 37.0 Å². The minimum atomic E-state index is 0. The van der Waals surface area contributed by atoms with Crippen LogP contribution in [0.5, 0.6) is 0 Å². The highest BCUT2D eigenvalue weighted by Crippen LogP contribution is 2.17. The van der Waals surface area contributed by atoms with E-state index in [-0.39, 0.29) is 18.3 Å². The minimum Gasteiger partial charge on any atom is -0.336 e. The maximum absolute atomic E-state index is 12.2. The van der Waals surface area contributed by atoms with Gasteiger partial charge in [0.1, 0.15) is 0 Å². The van der Waals surface area contributed by atoms with Gasteiger partial charge in [0, 0.05) is 36.2 Å². The maximum Gasteiger partial charge on any atom is 0.254 e. The molecule has 1 amide bonds. The lowest BCUT2D eigenvalue weighted by molar-refractivity contribution is 0.0735. The molecule has 2 rings (SSSR count). The summed E-state index contributed by atoms with van der Waals surface area (Å²) in [5, 5.41) is 3.24. The van der Waals surface area contributed by atoms with E-state index in [1.807, 2.05) is 30.0 Å². The van der Waals surface area contributed by atoms with E-state index >= 15 is 0 Å². The molecule has 1 aromatic carbocycles. The van der Waals surface area contributed by atoms with Crippen LogP contribution in [0, 0.1) is 6.92 Å². The van der Waals surface area contributed by atoms with Crippen molar-refractivity contribution < 1.29 is 4.79 Å². The normalized spacial score (nSPS) is 15.3. The Labute approximate surface area is 116 Å². The molecule has 1 saturated heterocycles. The van der Waals surface area contributed by atoms with Crippen LogP contribution < -0.4 is 5.32 Å². The van der Waals surface area contributed by atoms with E-state index in [1.54, 1.807) is 0 Å². The lowest BCUT2D eigenvalue weighted by Gasteiger charge is -2.28. The van der Waals surface area contributed by atoms with Crippen molar-refractivity contribution in [2.45, 2.75) is 6.92 Å². The number of halogens is 2. The Balaban J connectivity index is 0.00000144. The Hall–Kier alpha value is -0.580. The number of aryl methyl sites for hydroxylation is 1. The molecule has 0 radical (unpaired) electrons. The van der Waals surface area contributed by atoms with Gasteiger partial charge < -0.3 is 10.2 Å². The topological polar surface area (TPSA) is 32.3 Å². The average molecular weight is 320 g/mol. The molecule has 1 N–H and O–H groups in total. The second kappa shape index (κ2) is 6.38. The SMILES string of the molecule is Cc1cc(Br)ccc1C(=O)N1CCNCC1.Cl. The third-order valence-electron chi connectivity index (χ3n) is 2.82. The minimum absolute atomic E-state index is 0. The number of benzene rings is 1. The van der Waals surface area contributed by atoms with E-state index in [2.05, 4.69) is 21.2 Å². The van der Waals surface area contributed by atoms with Crippen molar-refractivity contribution in [2.75, 3.05) is 26.2 Å². The molecular weight excluding hydrogens is 304 g/mol. The number of amides is 1. The van der Waals surface area contributed by atoms with Crippen LogP contribution in [0.3, 0.4) is 0 Å². The summed E-state index contributed by atoms with van der Waals surface area (Å²) in [6.07, 6.45) is 0. The fraction of sp³-hybridized carbons (Fsp3) is 0.417. The second-order valence-electron chi connectivity index (χ2n) is 4.00. The molecule has 1 heterocycles. The van der Waals surface area contributed by atoms with Gasteiger partial charge in [0.05, 0.1) is 0 Å². The molecule has 0 unspecified atom stereocenters. The zero-order valence-electron chi connectivity index (χ0n) is 9.70. The first-order chi connectivity index (χ1) is 7.68. The highest BCUT2D eigenvalue weighted by molar-refractivity contribution is 9.10. The molecule has 0 aliphatic carbocycles. The van der Waals surface area contributed by atoms with Gasteiger partial charge >= 0.3 is 0 Å². The van der Waals surface area contributed by atoms with Crippen LogP contribution in [0.1, 0.15) is 15.9 Å². The Bertz CT molecular complexity index is 405. The van der Waals surface area contributed by atoms with Gasteiger partial charge in [0.25, 0.3) is 5.91 Å². The van der Waals surface area contributed by atoms with Crippen LogP contribution in [0.4, 0.5) is 0 Å². The zero-order chi connectivity index (χ0) is 11.5. The van der Waals surface area contributed by atoms with Gasteiger partial charge in [-0.15, -0.1) is 12.4 Å². The summed E-state index contributed by atoms with van der Waals surface area (Å²) in [5.41, 5.74) is 1.84. The summed E-state index contributed by atoms with van der Waals surface area (Å²) in [4.78, 5) is 14.1. The van der Waals surface area contributed by atoms with Crippen LogP contribution in [0.15, 0.2) is 22.7 Å². The average Bonchev–Trinajstić information content (AvgIpc) is 2.29. The molecule has 1 aliphatic rings. The van der Waals surface area contributed by atoms with Crippen molar-refractivity contribution in [1.82, 2.24) is 10.2 Å². The summed E-state index contributed by atoms with van der Waals surface area (Å²) in [6, 6.07) is 5.79. The molecule has 5 heteroatoms. The van der Waals surface area contributed by atoms with Crippen molar-refractivity contribution in [2.24, 2.45) is 0 Å². The molecule has 0 aromatic heterocycles. The van der Waals surface area contributed by atoms with Crippen molar-refractivity contribution >= 4 is 34.2 Å². The van der Waals surface area contributed by atoms with Gasteiger partial charge in [-0.1, -0.05) is 15.9 Å². The van der Waals surface area contributed by atoms with Crippen molar-refractivity contribution in [1.29, 1.82) is 0 Å². The van der Waals surface area contributed by atoms with Crippen LogP contribution in [0.2, 0.25) is 0 Å². The van der Waals surface area contributed by atoms with Gasteiger partial charge in [-0.3, -0.25) is 4.79 Å². The Morgan fingerprint density at radius 1 is 1.35 bits per heavy atom. The van der Waals surface area contributed by atoms with Gasteiger partial charge in [-0.05, 0) is 30.7 Å². The first-order valence-corrected chi connectivity index (χ1v) is 6.24. The summed E-state index contributed by atoms with van der Waals surface area (Å²) in [7, 11) is 0. The van der Waals surface area contributed by atoms with Gasteiger partial charge in [-0.2, -0.15) is 0 Å². The fourth-order valence-corrected chi connectivity index (χ4v) is 2.38. The molecule has 0 spiro atoms. The molecule has 1 aliphatic heterocycles. The summed E-state index contributed by atoms with van der Waals surface area (Å²) < 4.78 is 1.02. The number of piperazine rings is 1. The number of carbonyl (C=O) groups excluding carboxylic acids is 1.